The molecule has 2 aromatic rings. The monoisotopic (exact) mass is 397 g/mol. The highest BCUT2D eigenvalue weighted by molar-refractivity contribution is 5.97. The molecule has 0 aromatic heterocycles. The van der Waals surface area contributed by atoms with Gasteiger partial charge in [0.1, 0.15) is 0 Å². The average molecular weight is 397 g/mol. The molecule has 9 nitrogen and oxygen atoms in total. The van der Waals surface area contributed by atoms with Gasteiger partial charge in [-0.2, -0.15) is 5.10 Å². The third-order valence-corrected chi connectivity index (χ3v) is 3.94. The second-order valence-corrected chi connectivity index (χ2v) is 6.25. The zero-order valence-electron chi connectivity index (χ0n) is 15.9. The summed E-state index contributed by atoms with van der Waals surface area (Å²) in [6.45, 7) is 3.27. The molecule has 0 fully saturated rings. The number of amides is 1. The van der Waals surface area contributed by atoms with Crippen molar-refractivity contribution in [2.75, 3.05) is 13.4 Å². The maximum atomic E-state index is 11.9. The molecule has 2 aromatic carbocycles. The van der Waals surface area contributed by atoms with E-state index in [1.807, 2.05) is 24.3 Å². The first-order valence-corrected chi connectivity index (χ1v) is 8.71. The lowest BCUT2D eigenvalue weighted by Gasteiger charge is -2.06. The second kappa shape index (κ2) is 8.87. The van der Waals surface area contributed by atoms with Crippen LogP contribution in [0, 0.1) is 17.0 Å². The molecular formula is C20H19N3O6. The quantitative estimate of drug-likeness (QED) is 0.436. The Hall–Kier alpha value is -3.88. The Kier molecular flexibility index (Phi) is 6.08. The fraction of sp³-hybridized carbons (Fsp3) is 0.200. The Morgan fingerprint density at radius 3 is 2.86 bits per heavy atom. The lowest BCUT2D eigenvalue weighted by atomic mass is 10.2. The Labute approximate surface area is 166 Å². The lowest BCUT2D eigenvalue weighted by Crippen LogP contribution is -2.25. The van der Waals surface area contributed by atoms with Crippen LogP contribution in [0.5, 0.6) is 17.2 Å². The van der Waals surface area contributed by atoms with Crippen LogP contribution in [0.1, 0.15) is 18.1 Å². The van der Waals surface area contributed by atoms with Crippen molar-refractivity contribution in [2.45, 2.75) is 13.8 Å². The van der Waals surface area contributed by atoms with Gasteiger partial charge in [0, 0.05) is 6.07 Å². The molecule has 1 N–H and O–H groups in total. The first-order valence-electron chi connectivity index (χ1n) is 8.71. The van der Waals surface area contributed by atoms with E-state index in [9.17, 15) is 14.9 Å². The topological polar surface area (TPSA) is 112 Å². The lowest BCUT2D eigenvalue weighted by molar-refractivity contribution is -0.385. The zero-order valence-corrected chi connectivity index (χ0v) is 15.9. The highest BCUT2D eigenvalue weighted by atomic mass is 16.7. The molecule has 0 unspecified atom stereocenters. The molecule has 1 aliphatic rings. The van der Waals surface area contributed by atoms with E-state index in [1.165, 1.54) is 12.1 Å². The van der Waals surface area contributed by atoms with Gasteiger partial charge in [-0.3, -0.25) is 14.9 Å². The summed E-state index contributed by atoms with van der Waals surface area (Å²) in [7, 11) is 0. The summed E-state index contributed by atoms with van der Waals surface area (Å²) in [5.74, 6) is 0.876. The summed E-state index contributed by atoms with van der Waals surface area (Å²) in [6.07, 6.45) is 3.54. The van der Waals surface area contributed by atoms with Crippen molar-refractivity contribution >= 4 is 23.4 Å². The van der Waals surface area contributed by atoms with E-state index < -0.39 is 17.4 Å². The van der Waals surface area contributed by atoms with Gasteiger partial charge in [0.15, 0.2) is 23.9 Å². The molecule has 9 heteroatoms. The number of carbonyl (C=O) groups excluding carboxylic acids is 1. The summed E-state index contributed by atoms with van der Waals surface area (Å²) >= 11 is 0. The van der Waals surface area contributed by atoms with Crippen LogP contribution in [-0.4, -0.2) is 29.9 Å². The highest BCUT2D eigenvalue weighted by Gasteiger charge is 2.16. The van der Waals surface area contributed by atoms with Crippen LogP contribution < -0.4 is 19.6 Å². The molecule has 1 amide bonds. The number of rotatable bonds is 7. The average Bonchev–Trinajstić information content (AvgIpc) is 3.17. The van der Waals surface area contributed by atoms with Gasteiger partial charge in [-0.25, -0.2) is 5.43 Å². The summed E-state index contributed by atoms with van der Waals surface area (Å²) in [5.41, 5.74) is 4.33. The summed E-state index contributed by atoms with van der Waals surface area (Å²) in [6, 6.07) is 10.0. The van der Waals surface area contributed by atoms with Crippen molar-refractivity contribution in [3.05, 3.63) is 63.7 Å². The molecule has 0 aliphatic carbocycles. The molecule has 1 aliphatic heterocycles. The molecule has 150 valence electrons. The largest absolute Gasteiger partial charge is 0.477 e. The van der Waals surface area contributed by atoms with E-state index in [0.717, 1.165) is 11.1 Å². The van der Waals surface area contributed by atoms with Gasteiger partial charge >= 0.3 is 5.69 Å². The van der Waals surface area contributed by atoms with Crippen molar-refractivity contribution in [3.8, 4) is 17.2 Å². The normalized spacial score (nSPS) is 12.8. The molecule has 0 saturated carbocycles. The van der Waals surface area contributed by atoms with Gasteiger partial charge in [0.25, 0.3) is 5.91 Å². The number of nitrogens with one attached hydrogen (secondary N) is 1. The number of allylic oxidation sites excluding steroid dienone is 1. The Morgan fingerprint density at radius 1 is 1.28 bits per heavy atom. The molecule has 3 rings (SSSR count). The van der Waals surface area contributed by atoms with Crippen LogP contribution in [0.2, 0.25) is 0 Å². The Bertz CT molecular complexity index is 1000. The van der Waals surface area contributed by atoms with Gasteiger partial charge in [-0.05, 0) is 49.2 Å². The predicted octanol–water partition coefficient (Wildman–Crippen LogP) is 3.22. The third kappa shape index (κ3) is 5.32. The van der Waals surface area contributed by atoms with Crippen LogP contribution in [0.25, 0.3) is 6.08 Å². The number of nitro benzene ring substituents is 1. The maximum absolute atomic E-state index is 11.9. The number of benzene rings is 2. The molecule has 0 radical (unpaired) electrons. The van der Waals surface area contributed by atoms with Crippen molar-refractivity contribution in [1.82, 2.24) is 5.43 Å². The molecule has 0 atom stereocenters. The van der Waals surface area contributed by atoms with E-state index in [2.05, 4.69) is 10.5 Å². The number of hydrazone groups is 1. The summed E-state index contributed by atoms with van der Waals surface area (Å²) in [5, 5.41) is 15.0. The van der Waals surface area contributed by atoms with Gasteiger partial charge < -0.3 is 14.2 Å². The van der Waals surface area contributed by atoms with Gasteiger partial charge in [0.2, 0.25) is 6.79 Å². The SMILES string of the molecule is CC(C=Cc1ccc2c(c1)OCO2)=NNC(=O)COc1ccc(C)cc1[N+](=O)[O-]. The van der Waals surface area contributed by atoms with E-state index in [-0.39, 0.29) is 18.2 Å². The molecule has 29 heavy (non-hydrogen) atoms. The van der Waals surface area contributed by atoms with Gasteiger partial charge in [-0.15, -0.1) is 0 Å². The number of hydrogen-bond donors (Lipinski definition) is 1. The van der Waals surface area contributed by atoms with Gasteiger partial charge in [0.05, 0.1) is 10.6 Å². The van der Waals surface area contributed by atoms with Crippen molar-refractivity contribution in [2.24, 2.45) is 5.10 Å². The minimum Gasteiger partial charge on any atom is -0.477 e. The number of nitro groups is 1. The van der Waals surface area contributed by atoms with Crippen LogP contribution in [-0.2, 0) is 4.79 Å². The number of nitrogens with zero attached hydrogens (tertiary/aromatic N) is 2. The fourth-order valence-electron chi connectivity index (χ4n) is 2.49. The van der Waals surface area contributed by atoms with Crippen molar-refractivity contribution in [1.29, 1.82) is 0 Å². The number of hydrogen-bond acceptors (Lipinski definition) is 7. The minimum atomic E-state index is -0.552. The Balaban J connectivity index is 1.53. The Morgan fingerprint density at radius 2 is 2.07 bits per heavy atom. The second-order valence-electron chi connectivity index (χ2n) is 6.25. The fourth-order valence-corrected chi connectivity index (χ4v) is 2.49. The molecular weight excluding hydrogens is 378 g/mol. The van der Waals surface area contributed by atoms with Crippen molar-refractivity contribution < 1.29 is 23.9 Å². The smallest absolute Gasteiger partial charge is 0.311 e. The van der Waals surface area contributed by atoms with Crippen molar-refractivity contribution in [3.63, 3.8) is 0 Å². The van der Waals surface area contributed by atoms with Crippen LogP contribution in [0.3, 0.4) is 0 Å². The first-order chi connectivity index (χ1) is 13.9. The van der Waals surface area contributed by atoms with Crippen LogP contribution in [0.15, 0.2) is 47.6 Å². The maximum Gasteiger partial charge on any atom is 0.311 e. The van der Waals surface area contributed by atoms with E-state index in [1.54, 1.807) is 26.0 Å². The van der Waals surface area contributed by atoms with E-state index >= 15 is 0 Å². The summed E-state index contributed by atoms with van der Waals surface area (Å²) in [4.78, 5) is 22.4. The number of fused-ring (bicyclic) bond motifs is 1. The van der Waals surface area contributed by atoms with Gasteiger partial charge in [-0.1, -0.05) is 18.2 Å². The predicted molar refractivity (Wildman–Crippen MR) is 106 cm³/mol. The standard InChI is InChI=1S/C20H19N3O6/c1-13-3-7-17(16(9-13)23(25)26)27-11-20(24)22-21-14(2)4-5-15-6-8-18-19(10-15)29-12-28-18/h3-10H,11-12H2,1-2H3,(H,22,24). The molecule has 0 saturated heterocycles. The first kappa shape index (κ1) is 19.9. The number of aryl methyl sites for hydroxylation is 1. The number of ether oxygens (including phenoxy) is 3. The molecule has 0 bridgehead atoms. The van der Waals surface area contributed by atoms with E-state index in [0.29, 0.717) is 17.2 Å². The van der Waals surface area contributed by atoms with Crippen LogP contribution in [0.4, 0.5) is 5.69 Å². The molecule has 1 heterocycles. The van der Waals surface area contributed by atoms with E-state index in [4.69, 9.17) is 14.2 Å². The summed E-state index contributed by atoms with van der Waals surface area (Å²) < 4.78 is 15.8. The third-order valence-electron chi connectivity index (χ3n) is 3.94. The highest BCUT2D eigenvalue weighted by Crippen LogP contribution is 2.32. The minimum absolute atomic E-state index is 0.0270. The number of carbonyl (C=O) groups is 1. The molecule has 0 spiro atoms. The zero-order chi connectivity index (χ0) is 20.8. The van der Waals surface area contributed by atoms with Crippen LogP contribution >= 0.6 is 0 Å².